The Hall–Kier alpha value is -4.11. The topological polar surface area (TPSA) is 109 Å². The number of aromatic amines is 2. The molecule has 0 aliphatic heterocycles. The number of H-pyrrole nitrogens is 2. The van der Waals surface area contributed by atoms with Crippen molar-refractivity contribution in [3.8, 4) is 33.2 Å². The van der Waals surface area contributed by atoms with Gasteiger partial charge in [-0.15, -0.1) is 11.3 Å². The smallest absolute Gasteiger partial charge is 0.159 e. The molecule has 5 aromatic heterocycles. The molecular weight excluding hydrogens is 413 g/mol. The van der Waals surface area contributed by atoms with Crippen LogP contribution in [0.25, 0.3) is 55.2 Å². The van der Waals surface area contributed by atoms with Crippen LogP contribution in [0, 0.1) is 5.82 Å². The van der Waals surface area contributed by atoms with Crippen LogP contribution in [-0.4, -0.2) is 30.1 Å². The summed E-state index contributed by atoms with van der Waals surface area (Å²) < 4.78 is 15.6. The number of nitrogens with zero attached hydrogens (tertiary/aromatic N) is 4. The summed E-state index contributed by atoms with van der Waals surface area (Å²) in [5.41, 5.74) is 10.6. The molecule has 0 saturated heterocycles. The third-order valence-electron chi connectivity index (χ3n) is 5.12. The van der Waals surface area contributed by atoms with Crippen LogP contribution >= 0.6 is 11.3 Å². The molecule has 0 spiro atoms. The van der Waals surface area contributed by atoms with Gasteiger partial charge < -0.3 is 10.7 Å². The van der Waals surface area contributed by atoms with Crippen molar-refractivity contribution in [1.29, 1.82) is 0 Å². The number of imidazole rings is 1. The van der Waals surface area contributed by atoms with Crippen molar-refractivity contribution in [1.82, 2.24) is 30.1 Å². The molecule has 0 fully saturated rings. The number of benzene rings is 1. The second-order valence-corrected chi connectivity index (χ2v) is 7.99. The zero-order valence-corrected chi connectivity index (χ0v) is 16.7. The second-order valence-electron chi connectivity index (χ2n) is 7.05. The van der Waals surface area contributed by atoms with Gasteiger partial charge in [-0.3, -0.25) is 15.1 Å². The predicted molar refractivity (Wildman–Crippen MR) is 120 cm³/mol. The third-order valence-corrected chi connectivity index (χ3v) is 5.99. The van der Waals surface area contributed by atoms with E-state index in [1.165, 1.54) is 6.20 Å². The third kappa shape index (κ3) is 2.78. The summed E-state index contributed by atoms with van der Waals surface area (Å²) in [5.74, 6) is 0.0551. The van der Waals surface area contributed by atoms with E-state index in [0.717, 1.165) is 16.1 Å². The standard InChI is InChI=1S/C22H14FN7S/c23-18-13(11-8-12(24)10-25-9-11)3-4-14-17(18)21(30-29-14)22-27-15-5-6-26-20(19(15)28-22)16-2-1-7-31-16/h1-10H,24H2,(H,27,28)(H,29,30). The monoisotopic (exact) mass is 427 g/mol. The van der Waals surface area contributed by atoms with Crippen LogP contribution in [0.2, 0.25) is 0 Å². The molecule has 31 heavy (non-hydrogen) atoms. The van der Waals surface area contributed by atoms with Gasteiger partial charge in [0.05, 0.1) is 27.0 Å². The first-order valence-electron chi connectivity index (χ1n) is 9.45. The highest BCUT2D eigenvalue weighted by atomic mass is 32.1. The number of aromatic nitrogens is 6. The fourth-order valence-electron chi connectivity index (χ4n) is 3.71. The second kappa shape index (κ2) is 6.71. The summed E-state index contributed by atoms with van der Waals surface area (Å²) >= 11 is 1.59. The summed E-state index contributed by atoms with van der Waals surface area (Å²) in [6, 6.07) is 11.0. The van der Waals surface area contributed by atoms with Gasteiger partial charge in [0, 0.05) is 29.7 Å². The molecule has 5 heterocycles. The first-order chi connectivity index (χ1) is 15.2. The van der Waals surface area contributed by atoms with E-state index in [1.54, 1.807) is 41.9 Å². The van der Waals surface area contributed by atoms with Crippen LogP contribution < -0.4 is 5.73 Å². The van der Waals surface area contributed by atoms with Crippen molar-refractivity contribution < 1.29 is 4.39 Å². The van der Waals surface area contributed by atoms with Crippen LogP contribution in [0.1, 0.15) is 0 Å². The Bertz CT molecular complexity index is 1570. The van der Waals surface area contributed by atoms with E-state index in [1.807, 2.05) is 23.6 Å². The maximum atomic E-state index is 15.6. The maximum absolute atomic E-state index is 15.6. The lowest BCUT2D eigenvalue weighted by molar-refractivity contribution is 0.643. The highest BCUT2D eigenvalue weighted by Crippen LogP contribution is 2.35. The highest BCUT2D eigenvalue weighted by Gasteiger charge is 2.20. The number of thiophene rings is 1. The fraction of sp³-hybridized carbons (Fsp3) is 0. The van der Waals surface area contributed by atoms with Crippen molar-refractivity contribution in [2.24, 2.45) is 0 Å². The van der Waals surface area contributed by atoms with Crippen molar-refractivity contribution in [3.05, 3.63) is 66.2 Å². The minimum atomic E-state index is -0.411. The minimum absolute atomic E-state index is 0.351. The lowest BCUT2D eigenvalue weighted by Crippen LogP contribution is -1.91. The van der Waals surface area contributed by atoms with Crippen molar-refractivity contribution in [2.75, 3.05) is 5.73 Å². The van der Waals surface area contributed by atoms with Gasteiger partial charge in [0.2, 0.25) is 0 Å². The first-order valence-corrected chi connectivity index (χ1v) is 10.3. The molecule has 4 N–H and O–H groups in total. The molecule has 7 nitrogen and oxygen atoms in total. The molecule has 150 valence electrons. The molecule has 0 unspecified atom stereocenters. The van der Waals surface area contributed by atoms with Gasteiger partial charge in [0.25, 0.3) is 0 Å². The molecule has 1 aromatic carbocycles. The average molecular weight is 427 g/mol. The molecule has 9 heteroatoms. The molecule has 0 bridgehead atoms. The average Bonchev–Trinajstić information content (AvgIpc) is 3.52. The number of hydrogen-bond donors (Lipinski definition) is 3. The lowest BCUT2D eigenvalue weighted by atomic mass is 10.0. The largest absolute Gasteiger partial charge is 0.397 e. The zero-order valence-electron chi connectivity index (χ0n) is 15.9. The SMILES string of the molecule is Nc1cncc(-c2ccc3[nH]nc(-c4nc5c(-c6cccs6)nccc5[nH]4)c3c2F)c1. The van der Waals surface area contributed by atoms with E-state index in [2.05, 4.69) is 25.1 Å². The molecule has 0 aliphatic rings. The molecule has 0 radical (unpaired) electrons. The Morgan fingerprint density at radius 1 is 1.03 bits per heavy atom. The number of anilines is 1. The lowest BCUT2D eigenvalue weighted by Gasteiger charge is -2.05. The Kier molecular flexibility index (Phi) is 3.84. The first kappa shape index (κ1) is 17.7. The van der Waals surface area contributed by atoms with E-state index in [-0.39, 0.29) is 0 Å². The molecule has 6 aromatic rings. The normalized spacial score (nSPS) is 11.5. The van der Waals surface area contributed by atoms with E-state index in [9.17, 15) is 0 Å². The highest BCUT2D eigenvalue weighted by molar-refractivity contribution is 7.13. The van der Waals surface area contributed by atoms with E-state index >= 15 is 4.39 Å². The number of halogens is 1. The molecular formula is C22H14FN7S. The van der Waals surface area contributed by atoms with Crippen molar-refractivity contribution in [2.45, 2.75) is 0 Å². The number of pyridine rings is 2. The van der Waals surface area contributed by atoms with Gasteiger partial charge in [-0.25, -0.2) is 9.37 Å². The number of fused-ring (bicyclic) bond motifs is 2. The Morgan fingerprint density at radius 3 is 2.81 bits per heavy atom. The molecule has 0 amide bonds. The van der Waals surface area contributed by atoms with Crippen LogP contribution in [0.5, 0.6) is 0 Å². The summed E-state index contributed by atoms with van der Waals surface area (Å²) in [6.07, 6.45) is 4.84. The summed E-state index contributed by atoms with van der Waals surface area (Å²) in [6.45, 7) is 0. The maximum Gasteiger partial charge on any atom is 0.159 e. The quantitative estimate of drug-likeness (QED) is 0.368. The Balaban J connectivity index is 1.56. The van der Waals surface area contributed by atoms with E-state index in [4.69, 9.17) is 10.7 Å². The summed E-state index contributed by atoms with van der Waals surface area (Å²) in [7, 11) is 0. The number of nitrogens with two attached hydrogens (primary N) is 1. The van der Waals surface area contributed by atoms with Gasteiger partial charge in [-0.1, -0.05) is 6.07 Å². The van der Waals surface area contributed by atoms with Gasteiger partial charge in [-0.05, 0) is 35.7 Å². The minimum Gasteiger partial charge on any atom is -0.397 e. The van der Waals surface area contributed by atoms with E-state index < -0.39 is 5.82 Å². The van der Waals surface area contributed by atoms with Crippen LogP contribution in [0.4, 0.5) is 10.1 Å². The number of hydrogen-bond acceptors (Lipinski definition) is 6. The number of rotatable bonds is 3. The van der Waals surface area contributed by atoms with Gasteiger partial charge in [0.1, 0.15) is 22.7 Å². The number of nitrogens with one attached hydrogen (secondary N) is 2. The Morgan fingerprint density at radius 2 is 1.97 bits per heavy atom. The summed E-state index contributed by atoms with van der Waals surface area (Å²) in [5, 5.41) is 9.59. The molecule has 0 saturated carbocycles. The fourth-order valence-corrected chi connectivity index (χ4v) is 4.44. The van der Waals surface area contributed by atoms with Gasteiger partial charge in [0.15, 0.2) is 5.82 Å². The van der Waals surface area contributed by atoms with Crippen molar-refractivity contribution in [3.63, 3.8) is 0 Å². The van der Waals surface area contributed by atoms with Gasteiger partial charge in [-0.2, -0.15) is 5.10 Å². The number of nitrogen functional groups attached to an aromatic ring is 1. The zero-order chi connectivity index (χ0) is 20.9. The molecule has 6 rings (SSSR count). The van der Waals surface area contributed by atoms with Gasteiger partial charge >= 0.3 is 0 Å². The van der Waals surface area contributed by atoms with Crippen LogP contribution in [0.15, 0.2) is 60.4 Å². The van der Waals surface area contributed by atoms with Crippen LogP contribution in [-0.2, 0) is 0 Å². The molecule has 0 aliphatic carbocycles. The van der Waals surface area contributed by atoms with Crippen LogP contribution in [0.3, 0.4) is 0 Å². The summed E-state index contributed by atoms with van der Waals surface area (Å²) in [4.78, 5) is 17.6. The van der Waals surface area contributed by atoms with E-state index in [0.29, 0.717) is 44.8 Å². The Labute approximate surface area is 178 Å². The molecule has 0 atom stereocenters. The van der Waals surface area contributed by atoms with Crippen molar-refractivity contribution >= 4 is 39.0 Å². The predicted octanol–water partition coefficient (Wildman–Crippen LogP) is 5.01.